The van der Waals surface area contributed by atoms with E-state index in [2.05, 4.69) is 23.5 Å². The smallest absolute Gasteiger partial charge is 0.272 e. The Hall–Kier alpha value is -4.73. The minimum Gasteiger partial charge on any atom is -0.490 e. The number of hydrogen-bond acceptors (Lipinski definition) is 6. The lowest BCUT2D eigenvalue weighted by molar-refractivity contribution is -0.131. The molecule has 1 aliphatic rings. The van der Waals surface area contributed by atoms with Crippen LogP contribution < -0.4 is 20.5 Å². The number of amides is 3. The minimum absolute atomic E-state index is 0.0712. The molecule has 0 saturated carbocycles. The van der Waals surface area contributed by atoms with Gasteiger partial charge in [0.2, 0.25) is 5.91 Å². The average Bonchev–Trinajstić information content (AvgIpc) is 2.90. The number of para-hydroxylation sites is 1. The Morgan fingerprint density at radius 2 is 1.85 bits per heavy atom. The number of nitrogens with one attached hydrogen (secondary N) is 1. The fourth-order valence-electron chi connectivity index (χ4n) is 4.17. The van der Waals surface area contributed by atoms with E-state index in [1.165, 1.54) is 18.2 Å². The lowest BCUT2D eigenvalue weighted by atomic mass is 10.0. The summed E-state index contributed by atoms with van der Waals surface area (Å²) in [4.78, 5) is 58.4. The zero-order valence-electron chi connectivity index (χ0n) is 22.7. The van der Waals surface area contributed by atoms with Crippen LogP contribution >= 0.6 is 0 Å². The molecular formula is C29H31N5O5. The summed E-state index contributed by atoms with van der Waals surface area (Å²) < 4.78 is 6.83. The lowest BCUT2D eigenvalue weighted by Gasteiger charge is -2.32. The van der Waals surface area contributed by atoms with Crippen LogP contribution in [0.5, 0.6) is 5.75 Å². The first kappa shape index (κ1) is 27.3. The molecule has 0 fully saturated rings. The van der Waals surface area contributed by atoms with Gasteiger partial charge in [-0.25, -0.2) is 4.98 Å². The first-order valence-electron chi connectivity index (χ1n) is 12.3. The summed E-state index contributed by atoms with van der Waals surface area (Å²) in [6.45, 7) is 15.3. The van der Waals surface area contributed by atoms with Gasteiger partial charge in [0.1, 0.15) is 24.4 Å². The largest absolute Gasteiger partial charge is 0.490 e. The minimum atomic E-state index is -0.753. The van der Waals surface area contributed by atoms with Crippen molar-refractivity contribution < 1.29 is 19.1 Å². The molecule has 0 aliphatic carbocycles. The molecule has 0 spiro atoms. The second kappa shape index (κ2) is 10.2. The molecule has 3 amide bonds. The topological polar surface area (TPSA) is 114 Å². The molecule has 4 rings (SSSR count). The highest BCUT2D eigenvalue weighted by molar-refractivity contribution is 6.15. The molecule has 10 nitrogen and oxygen atoms in total. The number of carbonyl (C=O) groups excluding carboxylic acids is 3. The third-order valence-corrected chi connectivity index (χ3v) is 6.69. The summed E-state index contributed by atoms with van der Waals surface area (Å²) in [5.41, 5.74) is 1.23. The van der Waals surface area contributed by atoms with E-state index < -0.39 is 22.9 Å². The van der Waals surface area contributed by atoms with Gasteiger partial charge in [-0.05, 0) is 44.5 Å². The van der Waals surface area contributed by atoms with E-state index in [0.717, 1.165) is 10.1 Å². The van der Waals surface area contributed by atoms with Crippen LogP contribution in [0.15, 0.2) is 66.4 Å². The first-order valence-corrected chi connectivity index (χ1v) is 12.3. The third-order valence-electron chi connectivity index (χ3n) is 6.69. The van der Waals surface area contributed by atoms with Crippen LogP contribution in [-0.2, 0) is 14.4 Å². The number of carbonyl (C=O) groups is 3. The SMILES string of the molecule is C=C(NC(=O)C(=C)n1cnc2c(-c3ccc4c(c3)OCCN4C(C)=O)cccc2c1=O)C(=O)N(C)C(C)(C)C. The van der Waals surface area contributed by atoms with E-state index in [-0.39, 0.29) is 22.7 Å². The molecule has 0 unspecified atom stereocenters. The van der Waals surface area contributed by atoms with Crippen molar-refractivity contribution in [3.63, 3.8) is 0 Å². The molecule has 0 bridgehead atoms. The van der Waals surface area contributed by atoms with Gasteiger partial charge >= 0.3 is 0 Å². The van der Waals surface area contributed by atoms with Crippen LogP contribution in [0.3, 0.4) is 0 Å². The van der Waals surface area contributed by atoms with Gasteiger partial charge in [0.15, 0.2) is 0 Å². The third kappa shape index (κ3) is 5.18. The van der Waals surface area contributed by atoms with E-state index in [1.54, 1.807) is 24.1 Å². The number of fused-ring (bicyclic) bond motifs is 2. The molecule has 0 radical (unpaired) electrons. The summed E-state index contributed by atoms with van der Waals surface area (Å²) in [6, 6.07) is 10.6. The van der Waals surface area contributed by atoms with Gasteiger partial charge in [-0.2, -0.15) is 0 Å². The summed E-state index contributed by atoms with van der Waals surface area (Å²) >= 11 is 0. The second-order valence-corrected chi connectivity index (χ2v) is 10.2. The van der Waals surface area contributed by atoms with E-state index in [0.29, 0.717) is 35.7 Å². The molecule has 1 aliphatic heterocycles. The number of rotatable bonds is 5. The molecule has 0 saturated heterocycles. The predicted molar refractivity (Wildman–Crippen MR) is 150 cm³/mol. The molecule has 2 aromatic carbocycles. The maximum Gasteiger partial charge on any atom is 0.272 e. The molecule has 1 aromatic heterocycles. The van der Waals surface area contributed by atoms with Crippen molar-refractivity contribution in [3.05, 3.63) is 71.9 Å². The molecule has 3 aromatic rings. The Labute approximate surface area is 226 Å². The van der Waals surface area contributed by atoms with Crippen LogP contribution in [0, 0.1) is 0 Å². The van der Waals surface area contributed by atoms with Gasteiger partial charge in [0.25, 0.3) is 17.4 Å². The lowest BCUT2D eigenvalue weighted by Crippen LogP contribution is -2.46. The van der Waals surface area contributed by atoms with Crippen molar-refractivity contribution >= 4 is 40.0 Å². The van der Waals surface area contributed by atoms with Gasteiger partial charge < -0.3 is 19.9 Å². The highest BCUT2D eigenvalue weighted by Gasteiger charge is 2.26. The van der Waals surface area contributed by atoms with Gasteiger partial charge in [-0.1, -0.05) is 31.4 Å². The van der Waals surface area contributed by atoms with Crippen molar-refractivity contribution in [2.75, 3.05) is 25.1 Å². The summed E-state index contributed by atoms with van der Waals surface area (Å²) in [5, 5.41) is 2.70. The zero-order chi connectivity index (χ0) is 28.6. The number of aromatic nitrogens is 2. The van der Waals surface area contributed by atoms with Crippen molar-refractivity contribution in [2.24, 2.45) is 0 Å². The van der Waals surface area contributed by atoms with Crippen molar-refractivity contribution in [1.82, 2.24) is 19.8 Å². The van der Waals surface area contributed by atoms with Gasteiger partial charge in [-0.15, -0.1) is 0 Å². The predicted octanol–water partition coefficient (Wildman–Crippen LogP) is 3.17. The number of anilines is 1. The number of hydrogen-bond donors (Lipinski definition) is 1. The molecule has 39 heavy (non-hydrogen) atoms. The highest BCUT2D eigenvalue weighted by atomic mass is 16.5. The van der Waals surface area contributed by atoms with E-state index >= 15 is 0 Å². The quantitative estimate of drug-likeness (QED) is 0.508. The van der Waals surface area contributed by atoms with Crippen LogP contribution in [0.1, 0.15) is 27.7 Å². The Balaban J connectivity index is 1.64. The Kier molecular flexibility index (Phi) is 7.14. The maximum absolute atomic E-state index is 13.4. The van der Waals surface area contributed by atoms with Crippen molar-refractivity contribution in [2.45, 2.75) is 33.2 Å². The Morgan fingerprint density at radius 3 is 2.51 bits per heavy atom. The molecule has 202 valence electrons. The van der Waals surface area contributed by atoms with Crippen LogP contribution in [0.25, 0.3) is 27.7 Å². The molecule has 1 N–H and O–H groups in total. The van der Waals surface area contributed by atoms with E-state index in [4.69, 9.17) is 4.74 Å². The number of likely N-dealkylation sites (N-methyl/N-ethyl adjacent to an activating group) is 1. The Morgan fingerprint density at radius 1 is 1.13 bits per heavy atom. The number of ether oxygens (including phenoxy) is 1. The molecule has 10 heteroatoms. The monoisotopic (exact) mass is 529 g/mol. The van der Waals surface area contributed by atoms with Gasteiger partial charge in [0.05, 0.1) is 28.8 Å². The maximum atomic E-state index is 13.4. The van der Waals surface area contributed by atoms with Crippen molar-refractivity contribution in [1.29, 1.82) is 0 Å². The van der Waals surface area contributed by atoms with Gasteiger partial charge in [0, 0.05) is 25.1 Å². The van der Waals surface area contributed by atoms with E-state index in [9.17, 15) is 19.2 Å². The second-order valence-electron chi connectivity index (χ2n) is 10.2. The molecule has 0 atom stereocenters. The average molecular weight is 530 g/mol. The zero-order valence-corrected chi connectivity index (χ0v) is 22.7. The van der Waals surface area contributed by atoms with Crippen LogP contribution in [-0.4, -0.2) is 57.9 Å². The number of benzene rings is 2. The fourth-order valence-corrected chi connectivity index (χ4v) is 4.17. The first-order chi connectivity index (χ1) is 18.3. The Bertz CT molecular complexity index is 1600. The van der Waals surface area contributed by atoms with Crippen molar-refractivity contribution in [3.8, 4) is 16.9 Å². The highest BCUT2D eigenvalue weighted by Crippen LogP contribution is 2.37. The standard InChI is InChI=1S/C29H31N5O5/c1-17(27(37)32(7)29(4,5)6)31-26(36)18(2)34-16-30-25-21(9-8-10-22(25)28(34)38)20-11-12-23-24(15-20)39-14-13-33(23)19(3)35/h8-12,15-16H,1-2,13-14H2,3-7H3,(H,31,36). The summed E-state index contributed by atoms with van der Waals surface area (Å²) in [7, 11) is 1.61. The molecule has 2 heterocycles. The van der Waals surface area contributed by atoms with Gasteiger partial charge in [-0.3, -0.25) is 23.7 Å². The summed E-state index contributed by atoms with van der Waals surface area (Å²) in [5.74, 6) is -0.719. The molecular weight excluding hydrogens is 498 g/mol. The van der Waals surface area contributed by atoms with E-state index in [1.807, 2.05) is 45.0 Å². The van der Waals surface area contributed by atoms with Crippen LogP contribution in [0.4, 0.5) is 5.69 Å². The number of nitrogens with zero attached hydrogens (tertiary/aromatic N) is 4. The van der Waals surface area contributed by atoms with Crippen LogP contribution in [0.2, 0.25) is 0 Å². The fraction of sp³-hybridized carbons (Fsp3) is 0.276. The summed E-state index contributed by atoms with van der Waals surface area (Å²) in [6.07, 6.45) is 1.23. The normalized spacial score (nSPS) is 12.8.